The lowest BCUT2D eigenvalue weighted by Gasteiger charge is -2.29. The molecule has 1 aromatic heterocycles. The van der Waals surface area contributed by atoms with Crippen molar-refractivity contribution < 1.29 is 8.42 Å². The second-order valence-electron chi connectivity index (χ2n) is 5.33. The van der Waals surface area contributed by atoms with Crippen molar-refractivity contribution in [2.75, 3.05) is 19.6 Å². The van der Waals surface area contributed by atoms with Crippen molar-refractivity contribution in [1.29, 1.82) is 0 Å². The van der Waals surface area contributed by atoms with Crippen molar-refractivity contribution in [3.8, 4) is 0 Å². The molecular formula is C13H23N3O2S2. The number of nitrogens with one attached hydrogen (secondary N) is 1. The molecule has 7 heteroatoms. The van der Waals surface area contributed by atoms with E-state index in [0.717, 1.165) is 24.3 Å². The lowest BCUT2D eigenvalue weighted by molar-refractivity contribution is 0.278. The van der Waals surface area contributed by atoms with E-state index in [1.807, 2.05) is 6.20 Å². The number of piperidine rings is 1. The van der Waals surface area contributed by atoms with Crippen molar-refractivity contribution in [2.45, 2.75) is 39.5 Å². The van der Waals surface area contributed by atoms with Crippen LogP contribution in [0.4, 0.5) is 0 Å². The highest BCUT2D eigenvalue weighted by atomic mass is 32.2. The molecule has 0 unspecified atom stereocenters. The fraction of sp³-hybridized carbons (Fsp3) is 0.769. The molecule has 114 valence electrons. The number of nitrogens with zero attached hydrogens (tertiary/aromatic N) is 2. The average molecular weight is 317 g/mol. The van der Waals surface area contributed by atoms with Crippen LogP contribution in [-0.2, 0) is 23.1 Å². The molecule has 0 aromatic carbocycles. The van der Waals surface area contributed by atoms with Crippen molar-refractivity contribution >= 4 is 21.5 Å². The van der Waals surface area contributed by atoms with Gasteiger partial charge in [-0.3, -0.25) is 0 Å². The van der Waals surface area contributed by atoms with Gasteiger partial charge in [0.2, 0.25) is 0 Å². The van der Waals surface area contributed by atoms with Crippen molar-refractivity contribution in [1.82, 2.24) is 14.0 Å². The van der Waals surface area contributed by atoms with Gasteiger partial charge in [0.05, 0.1) is 5.01 Å². The summed E-state index contributed by atoms with van der Waals surface area (Å²) in [6, 6.07) is 0. The van der Waals surface area contributed by atoms with E-state index in [1.54, 1.807) is 15.6 Å². The van der Waals surface area contributed by atoms with Gasteiger partial charge >= 0.3 is 0 Å². The van der Waals surface area contributed by atoms with E-state index in [0.29, 0.717) is 32.0 Å². The van der Waals surface area contributed by atoms with E-state index in [9.17, 15) is 8.42 Å². The molecule has 0 aliphatic carbocycles. The van der Waals surface area contributed by atoms with Crippen LogP contribution in [0.5, 0.6) is 0 Å². The van der Waals surface area contributed by atoms with Gasteiger partial charge < -0.3 is 0 Å². The van der Waals surface area contributed by atoms with Crippen LogP contribution in [0.1, 0.15) is 36.6 Å². The molecule has 0 saturated carbocycles. The summed E-state index contributed by atoms with van der Waals surface area (Å²) in [7, 11) is -3.32. The summed E-state index contributed by atoms with van der Waals surface area (Å²) < 4.78 is 28.6. The van der Waals surface area contributed by atoms with Gasteiger partial charge in [0.25, 0.3) is 10.2 Å². The summed E-state index contributed by atoms with van der Waals surface area (Å²) in [5, 5.41) is 0.997. The van der Waals surface area contributed by atoms with E-state index in [1.165, 1.54) is 4.88 Å². The van der Waals surface area contributed by atoms with Gasteiger partial charge in [0, 0.05) is 37.1 Å². The van der Waals surface area contributed by atoms with Crippen molar-refractivity contribution in [2.24, 2.45) is 5.92 Å². The quantitative estimate of drug-likeness (QED) is 0.870. The lowest BCUT2D eigenvalue weighted by atomic mass is 10.0. The van der Waals surface area contributed by atoms with Gasteiger partial charge in [0.15, 0.2) is 0 Å². The van der Waals surface area contributed by atoms with E-state index in [-0.39, 0.29) is 0 Å². The zero-order valence-electron chi connectivity index (χ0n) is 12.1. The molecule has 2 rings (SSSR count). The first-order valence-electron chi connectivity index (χ1n) is 7.19. The average Bonchev–Trinajstić information content (AvgIpc) is 2.86. The Bertz CT molecular complexity index is 527. The van der Waals surface area contributed by atoms with Crippen molar-refractivity contribution in [3.63, 3.8) is 0 Å². The van der Waals surface area contributed by atoms with Crippen LogP contribution in [0.25, 0.3) is 0 Å². The van der Waals surface area contributed by atoms with E-state index in [4.69, 9.17) is 0 Å². The molecule has 2 heterocycles. The van der Waals surface area contributed by atoms with Crippen LogP contribution in [0, 0.1) is 5.92 Å². The summed E-state index contributed by atoms with van der Waals surface area (Å²) in [5.41, 5.74) is 0. The minimum Gasteiger partial charge on any atom is -0.249 e. The Morgan fingerprint density at radius 2 is 2.35 bits per heavy atom. The highest BCUT2D eigenvalue weighted by Crippen LogP contribution is 2.18. The summed E-state index contributed by atoms with van der Waals surface area (Å²) in [5.74, 6) is 0.450. The highest BCUT2D eigenvalue weighted by Gasteiger charge is 2.26. The predicted molar refractivity (Wildman–Crippen MR) is 82.1 cm³/mol. The first-order chi connectivity index (χ1) is 9.51. The first kappa shape index (κ1) is 15.9. The Morgan fingerprint density at radius 3 is 3.00 bits per heavy atom. The predicted octanol–water partition coefficient (Wildman–Crippen LogP) is 1.81. The zero-order chi connectivity index (χ0) is 14.6. The number of hydrogen-bond donors (Lipinski definition) is 1. The summed E-state index contributed by atoms with van der Waals surface area (Å²) in [6.45, 7) is 5.88. The molecule has 1 atom stereocenters. The SMILES string of the molecule is CCc1cnc(CCNS(=O)(=O)N2CCC[C@@H](C)C2)s1. The van der Waals surface area contributed by atoms with Gasteiger partial charge in [-0.25, -0.2) is 9.71 Å². The van der Waals surface area contributed by atoms with Gasteiger partial charge in [-0.15, -0.1) is 11.3 Å². The lowest BCUT2D eigenvalue weighted by Crippen LogP contribution is -2.46. The normalized spacial score (nSPS) is 21.2. The third kappa shape index (κ3) is 4.25. The Morgan fingerprint density at radius 1 is 1.55 bits per heavy atom. The third-order valence-electron chi connectivity index (χ3n) is 3.53. The highest BCUT2D eigenvalue weighted by molar-refractivity contribution is 7.87. The Hall–Kier alpha value is -0.500. The first-order valence-corrected chi connectivity index (χ1v) is 9.45. The largest absolute Gasteiger partial charge is 0.279 e. The molecule has 20 heavy (non-hydrogen) atoms. The second kappa shape index (κ2) is 6.98. The minimum atomic E-state index is -3.32. The van der Waals surface area contributed by atoms with E-state index >= 15 is 0 Å². The van der Waals surface area contributed by atoms with Gasteiger partial charge in [-0.1, -0.05) is 13.8 Å². The molecule has 1 N–H and O–H groups in total. The van der Waals surface area contributed by atoms with Crippen LogP contribution in [0.15, 0.2) is 6.20 Å². The van der Waals surface area contributed by atoms with Crippen molar-refractivity contribution in [3.05, 3.63) is 16.1 Å². The number of aryl methyl sites for hydroxylation is 1. The molecule has 0 amide bonds. The monoisotopic (exact) mass is 317 g/mol. The molecular weight excluding hydrogens is 294 g/mol. The van der Waals surface area contributed by atoms with Crippen LogP contribution < -0.4 is 4.72 Å². The molecule has 1 fully saturated rings. The smallest absolute Gasteiger partial charge is 0.249 e. The molecule has 1 saturated heterocycles. The van der Waals surface area contributed by atoms with Crippen LogP contribution in [0.2, 0.25) is 0 Å². The summed E-state index contributed by atoms with van der Waals surface area (Å²) in [4.78, 5) is 5.54. The Kier molecular flexibility index (Phi) is 5.54. The van der Waals surface area contributed by atoms with Gasteiger partial charge in [-0.05, 0) is 25.2 Å². The molecule has 1 aliphatic heterocycles. The molecule has 0 bridgehead atoms. The maximum Gasteiger partial charge on any atom is 0.279 e. The maximum atomic E-state index is 12.2. The number of aromatic nitrogens is 1. The topological polar surface area (TPSA) is 62.3 Å². The second-order valence-corrected chi connectivity index (χ2v) is 8.28. The maximum absolute atomic E-state index is 12.2. The Balaban J connectivity index is 1.82. The molecule has 1 aromatic rings. The molecule has 0 radical (unpaired) electrons. The minimum absolute atomic E-state index is 0.421. The Labute approximate surface area is 125 Å². The number of hydrogen-bond acceptors (Lipinski definition) is 4. The van der Waals surface area contributed by atoms with Gasteiger partial charge in [-0.2, -0.15) is 12.7 Å². The van der Waals surface area contributed by atoms with Crippen LogP contribution in [0.3, 0.4) is 0 Å². The number of thiazole rings is 1. The fourth-order valence-electron chi connectivity index (χ4n) is 2.37. The summed E-state index contributed by atoms with van der Waals surface area (Å²) in [6.07, 6.45) is 5.59. The van der Waals surface area contributed by atoms with Crippen LogP contribution >= 0.6 is 11.3 Å². The number of rotatable bonds is 6. The summed E-state index contributed by atoms with van der Waals surface area (Å²) >= 11 is 1.66. The van der Waals surface area contributed by atoms with Crippen LogP contribution in [-0.4, -0.2) is 37.3 Å². The molecule has 1 aliphatic rings. The molecule has 5 nitrogen and oxygen atoms in total. The zero-order valence-corrected chi connectivity index (χ0v) is 13.8. The van der Waals surface area contributed by atoms with E-state index < -0.39 is 10.2 Å². The van der Waals surface area contributed by atoms with E-state index in [2.05, 4.69) is 23.6 Å². The third-order valence-corrected chi connectivity index (χ3v) is 6.31. The molecule has 0 spiro atoms. The van der Waals surface area contributed by atoms with Gasteiger partial charge in [0.1, 0.15) is 0 Å². The standard InChI is InChI=1S/C13H23N3O2S2/c1-3-12-9-14-13(19-12)6-7-15-20(17,18)16-8-4-5-11(2)10-16/h9,11,15H,3-8,10H2,1-2H3/t11-/m1/s1. The fourth-order valence-corrected chi connectivity index (χ4v) is 4.59.